The molecule has 2 aromatic heterocycles. The van der Waals surface area contributed by atoms with E-state index in [1.807, 2.05) is 0 Å². The number of fused-ring (bicyclic) bond motifs is 1. The standard InChI is InChI=1S/C14H9F3N2O2S2/c15-14(16,17)23(20,21)12-7-2-1-6-11(12)22-13-18-9-10-5-3-4-8-19(10)13/h1-9H. The molecule has 0 aliphatic heterocycles. The number of imidazole rings is 1. The van der Waals surface area contributed by atoms with Crippen LogP contribution in [0.15, 0.2) is 69.8 Å². The number of aromatic nitrogens is 2. The Bertz CT molecular complexity index is 965. The summed E-state index contributed by atoms with van der Waals surface area (Å²) in [5.74, 6) is 0. The average Bonchev–Trinajstić information content (AvgIpc) is 2.90. The van der Waals surface area contributed by atoms with E-state index in [9.17, 15) is 21.6 Å². The topological polar surface area (TPSA) is 51.4 Å². The Hall–Kier alpha value is -2.00. The van der Waals surface area contributed by atoms with Crippen LogP contribution in [0.3, 0.4) is 0 Å². The van der Waals surface area contributed by atoms with Crippen molar-refractivity contribution in [2.24, 2.45) is 0 Å². The van der Waals surface area contributed by atoms with Gasteiger partial charge in [-0.3, -0.25) is 4.40 Å². The minimum atomic E-state index is -5.42. The average molecular weight is 358 g/mol. The van der Waals surface area contributed by atoms with Crippen LogP contribution in [-0.2, 0) is 9.84 Å². The van der Waals surface area contributed by atoms with E-state index in [1.165, 1.54) is 18.2 Å². The van der Waals surface area contributed by atoms with Crippen LogP contribution >= 0.6 is 11.8 Å². The maximum Gasteiger partial charge on any atom is 0.501 e. The molecule has 0 fully saturated rings. The lowest BCUT2D eigenvalue weighted by Crippen LogP contribution is -2.23. The molecule has 3 rings (SSSR count). The summed E-state index contributed by atoms with van der Waals surface area (Å²) in [5.41, 5.74) is -4.59. The van der Waals surface area contributed by atoms with Gasteiger partial charge in [0.2, 0.25) is 0 Å². The highest BCUT2D eigenvalue weighted by Crippen LogP contribution is 2.38. The lowest BCUT2D eigenvalue weighted by Gasteiger charge is -2.11. The number of hydrogen-bond donors (Lipinski definition) is 0. The van der Waals surface area contributed by atoms with Crippen molar-refractivity contribution in [1.82, 2.24) is 9.38 Å². The zero-order chi connectivity index (χ0) is 16.7. The fourth-order valence-electron chi connectivity index (χ4n) is 1.97. The second-order valence-electron chi connectivity index (χ2n) is 4.53. The molecule has 0 bridgehead atoms. The predicted molar refractivity (Wildman–Crippen MR) is 79.0 cm³/mol. The molecule has 23 heavy (non-hydrogen) atoms. The van der Waals surface area contributed by atoms with E-state index in [0.29, 0.717) is 5.16 Å². The summed E-state index contributed by atoms with van der Waals surface area (Å²) in [7, 11) is -5.42. The maximum atomic E-state index is 12.8. The first-order chi connectivity index (χ1) is 10.8. The predicted octanol–water partition coefficient (Wildman–Crippen LogP) is 3.78. The van der Waals surface area contributed by atoms with E-state index in [1.54, 1.807) is 35.0 Å². The first-order valence-electron chi connectivity index (χ1n) is 6.31. The van der Waals surface area contributed by atoms with Crippen LogP contribution in [0.4, 0.5) is 13.2 Å². The molecule has 120 valence electrons. The quantitative estimate of drug-likeness (QED) is 0.715. The van der Waals surface area contributed by atoms with Gasteiger partial charge in [0.05, 0.1) is 16.6 Å². The number of hydrogen-bond acceptors (Lipinski definition) is 4. The molecule has 0 aliphatic carbocycles. The van der Waals surface area contributed by atoms with Crippen LogP contribution in [0.2, 0.25) is 0 Å². The van der Waals surface area contributed by atoms with Crippen molar-refractivity contribution in [2.75, 3.05) is 0 Å². The van der Waals surface area contributed by atoms with Crippen molar-refractivity contribution in [1.29, 1.82) is 0 Å². The van der Waals surface area contributed by atoms with Gasteiger partial charge >= 0.3 is 5.51 Å². The number of pyridine rings is 1. The molecule has 0 saturated carbocycles. The molecule has 0 spiro atoms. The van der Waals surface area contributed by atoms with Crippen LogP contribution in [0.5, 0.6) is 0 Å². The van der Waals surface area contributed by atoms with Gasteiger partial charge in [-0.1, -0.05) is 18.2 Å². The number of benzene rings is 1. The number of rotatable bonds is 3. The number of alkyl halides is 3. The van der Waals surface area contributed by atoms with Gasteiger partial charge in [0.1, 0.15) is 0 Å². The monoisotopic (exact) mass is 358 g/mol. The fraction of sp³-hybridized carbons (Fsp3) is 0.0714. The molecule has 0 unspecified atom stereocenters. The third-order valence-corrected chi connectivity index (χ3v) is 5.78. The van der Waals surface area contributed by atoms with E-state index in [4.69, 9.17) is 0 Å². The zero-order valence-corrected chi connectivity index (χ0v) is 13.0. The first kappa shape index (κ1) is 15.9. The van der Waals surface area contributed by atoms with Gasteiger partial charge in [0, 0.05) is 11.1 Å². The second-order valence-corrected chi connectivity index (χ2v) is 7.45. The summed E-state index contributed by atoms with van der Waals surface area (Å²) in [6.45, 7) is 0. The lowest BCUT2D eigenvalue weighted by molar-refractivity contribution is -0.0437. The Kier molecular flexibility index (Phi) is 3.85. The van der Waals surface area contributed by atoms with Gasteiger partial charge in [0.25, 0.3) is 9.84 Å². The molecule has 3 aromatic rings. The van der Waals surface area contributed by atoms with Gasteiger partial charge < -0.3 is 0 Å². The Balaban J connectivity index is 2.09. The summed E-state index contributed by atoms with van der Waals surface area (Å²) in [5, 5.41) is 0.380. The van der Waals surface area contributed by atoms with E-state index >= 15 is 0 Å². The van der Waals surface area contributed by atoms with Crippen LogP contribution in [0.25, 0.3) is 5.52 Å². The minimum Gasteiger partial charge on any atom is -0.295 e. The Morgan fingerprint density at radius 3 is 2.48 bits per heavy atom. The molecule has 0 aliphatic rings. The van der Waals surface area contributed by atoms with E-state index < -0.39 is 20.2 Å². The molecular weight excluding hydrogens is 349 g/mol. The van der Waals surface area contributed by atoms with Gasteiger partial charge in [-0.15, -0.1) is 0 Å². The Labute approximate surface area is 133 Å². The highest BCUT2D eigenvalue weighted by Gasteiger charge is 2.47. The minimum absolute atomic E-state index is 0.0267. The summed E-state index contributed by atoms with van der Waals surface area (Å²) >= 11 is 0.866. The molecule has 9 heteroatoms. The smallest absolute Gasteiger partial charge is 0.295 e. The van der Waals surface area contributed by atoms with E-state index in [0.717, 1.165) is 23.3 Å². The summed E-state index contributed by atoms with van der Waals surface area (Å²) in [6, 6.07) is 10.3. The summed E-state index contributed by atoms with van der Waals surface area (Å²) in [6.07, 6.45) is 3.26. The molecule has 0 N–H and O–H groups in total. The van der Waals surface area contributed by atoms with Crippen LogP contribution in [0, 0.1) is 0 Å². The van der Waals surface area contributed by atoms with Gasteiger partial charge in [-0.25, -0.2) is 13.4 Å². The van der Waals surface area contributed by atoms with Crippen molar-refractivity contribution in [2.45, 2.75) is 20.5 Å². The van der Waals surface area contributed by atoms with E-state index in [2.05, 4.69) is 4.98 Å². The highest BCUT2D eigenvalue weighted by molar-refractivity contribution is 8.00. The first-order valence-corrected chi connectivity index (χ1v) is 8.61. The van der Waals surface area contributed by atoms with Crippen molar-refractivity contribution >= 4 is 27.1 Å². The van der Waals surface area contributed by atoms with Gasteiger partial charge in [-0.05, 0) is 36.0 Å². The lowest BCUT2D eigenvalue weighted by atomic mass is 10.4. The highest BCUT2D eigenvalue weighted by atomic mass is 32.2. The molecule has 1 aromatic carbocycles. The third-order valence-electron chi connectivity index (χ3n) is 3.05. The molecule has 0 amide bonds. The Morgan fingerprint density at radius 1 is 1.04 bits per heavy atom. The van der Waals surface area contributed by atoms with E-state index in [-0.39, 0.29) is 4.90 Å². The Morgan fingerprint density at radius 2 is 1.74 bits per heavy atom. The van der Waals surface area contributed by atoms with Gasteiger partial charge in [-0.2, -0.15) is 13.2 Å². The van der Waals surface area contributed by atoms with Crippen molar-refractivity contribution < 1.29 is 21.6 Å². The second kappa shape index (κ2) is 5.57. The van der Waals surface area contributed by atoms with Crippen LogP contribution < -0.4 is 0 Å². The molecule has 4 nitrogen and oxygen atoms in total. The SMILES string of the molecule is O=S(=O)(c1ccccc1Sc1ncc2ccccn12)C(F)(F)F. The zero-order valence-electron chi connectivity index (χ0n) is 11.4. The van der Waals surface area contributed by atoms with Gasteiger partial charge in [0.15, 0.2) is 5.16 Å². The van der Waals surface area contributed by atoms with Crippen molar-refractivity contribution in [3.8, 4) is 0 Å². The van der Waals surface area contributed by atoms with Crippen LogP contribution in [-0.4, -0.2) is 23.3 Å². The molecular formula is C14H9F3N2O2S2. The molecule has 0 atom stereocenters. The summed E-state index contributed by atoms with van der Waals surface area (Å²) < 4.78 is 63.5. The normalized spacial score (nSPS) is 12.7. The number of sulfone groups is 1. The van der Waals surface area contributed by atoms with Crippen LogP contribution in [0.1, 0.15) is 0 Å². The maximum absolute atomic E-state index is 12.8. The summed E-state index contributed by atoms with van der Waals surface area (Å²) in [4.78, 5) is 3.33. The molecule has 0 radical (unpaired) electrons. The van der Waals surface area contributed by atoms with Crippen molar-refractivity contribution in [3.63, 3.8) is 0 Å². The third kappa shape index (κ3) is 2.81. The molecule has 2 heterocycles. The number of halogens is 3. The number of nitrogens with zero attached hydrogens (tertiary/aromatic N) is 2. The molecule has 0 saturated heterocycles. The largest absolute Gasteiger partial charge is 0.501 e. The fourth-order valence-corrected chi connectivity index (χ4v) is 4.15. The van der Waals surface area contributed by atoms with Crippen molar-refractivity contribution in [3.05, 3.63) is 54.9 Å².